The first kappa shape index (κ1) is 22.4. The number of carbonyl (C=O) groups is 2. The summed E-state index contributed by atoms with van der Waals surface area (Å²) in [5.41, 5.74) is 0.954. The maximum atomic E-state index is 13.1. The zero-order valence-corrected chi connectivity index (χ0v) is 18.8. The van der Waals surface area contributed by atoms with Gasteiger partial charge in [-0.05, 0) is 36.8 Å². The predicted molar refractivity (Wildman–Crippen MR) is 123 cm³/mol. The first-order chi connectivity index (χ1) is 16.6. The van der Waals surface area contributed by atoms with Gasteiger partial charge in [-0.1, -0.05) is 6.07 Å². The van der Waals surface area contributed by atoms with Gasteiger partial charge in [0, 0.05) is 37.9 Å². The molecule has 178 valence electrons. The molecule has 0 radical (unpaired) electrons. The van der Waals surface area contributed by atoms with E-state index in [1.807, 2.05) is 0 Å². The van der Waals surface area contributed by atoms with E-state index in [0.717, 1.165) is 19.6 Å². The SMILES string of the molecule is O=C1C(=O)N(CCCN2CCOCC2)C(c2ccccn2)/C1=C(/O)c1ccc2c(c1)OCCO2. The monoisotopic (exact) mass is 465 g/mol. The van der Waals surface area contributed by atoms with Gasteiger partial charge in [0.1, 0.15) is 25.0 Å². The molecule has 34 heavy (non-hydrogen) atoms. The van der Waals surface area contributed by atoms with Crippen molar-refractivity contribution in [2.75, 3.05) is 52.6 Å². The van der Waals surface area contributed by atoms with Gasteiger partial charge < -0.3 is 24.2 Å². The summed E-state index contributed by atoms with van der Waals surface area (Å²) in [7, 11) is 0. The van der Waals surface area contributed by atoms with E-state index in [-0.39, 0.29) is 11.3 Å². The molecule has 1 amide bonds. The first-order valence-electron chi connectivity index (χ1n) is 11.5. The number of Topliss-reactive ketones (excluding diaryl/α,β-unsaturated/α-hetero) is 1. The molecule has 2 aromatic rings. The van der Waals surface area contributed by atoms with Crippen molar-refractivity contribution in [2.45, 2.75) is 12.5 Å². The number of morpholine rings is 1. The van der Waals surface area contributed by atoms with Crippen LogP contribution in [0.1, 0.15) is 23.7 Å². The first-order valence-corrected chi connectivity index (χ1v) is 11.5. The number of ketones is 1. The summed E-state index contributed by atoms with van der Waals surface area (Å²) in [6.45, 7) is 5.14. The third kappa shape index (κ3) is 4.36. The van der Waals surface area contributed by atoms with Gasteiger partial charge in [-0.25, -0.2) is 0 Å². The van der Waals surface area contributed by atoms with Crippen LogP contribution in [0.15, 0.2) is 48.2 Å². The minimum atomic E-state index is -0.765. The number of benzene rings is 1. The Morgan fingerprint density at radius 3 is 2.56 bits per heavy atom. The number of fused-ring (bicyclic) bond motifs is 1. The number of hydrogen-bond donors (Lipinski definition) is 1. The second kappa shape index (κ2) is 9.82. The summed E-state index contributed by atoms with van der Waals surface area (Å²) in [5.74, 6) is -0.523. The Bertz CT molecular complexity index is 1100. The third-order valence-electron chi connectivity index (χ3n) is 6.30. The highest BCUT2D eigenvalue weighted by molar-refractivity contribution is 6.46. The zero-order valence-electron chi connectivity index (χ0n) is 18.8. The van der Waals surface area contributed by atoms with Crippen LogP contribution >= 0.6 is 0 Å². The molecule has 9 nitrogen and oxygen atoms in total. The van der Waals surface area contributed by atoms with E-state index in [9.17, 15) is 14.7 Å². The molecule has 2 fully saturated rings. The maximum Gasteiger partial charge on any atom is 0.295 e. The fourth-order valence-electron chi connectivity index (χ4n) is 4.59. The van der Waals surface area contributed by atoms with Crippen molar-refractivity contribution in [3.8, 4) is 11.5 Å². The van der Waals surface area contributed by atoms with Crippen molar-refractivity contribution in [3.05, 3.63) is 59.4 Å². The second-order valence-corrected chi connectivity index (χ2v) is 8.41. The molecule has 9 heteroatoms. The van der Waals surface area contributed by atoms with Crippen LogP contribution in [0.4, 0.5) is 0 Å². The van der Waals surface area contributed by atoms with Crippen molar-refractivity contribution in [3.63, 3.8) is 0 Å². The number of nitrogens with zero attached hydrogens (tertiary/aromatic N) is 3. The van der Waals surface area contributed by atoms with Gasteiger partial charge in [-0.3, -0.25) is 19.5 Å². The lowest BCUT2D eigenvalue weighted by Gasteiger charge is -2.29. The van der Waals surface area contributed by atoms with E-state index >= 15 is 0 Å². The van der Waals surface area contributed by atoms with E-state index < -0.39 is 17.7 Å². The van der Waals surface area contributed by atoms with E-state index in [1.165, 1.54) is 4.90 Å². The van der Waals surface area contributed by atoms with Gasteiger partial charge in [-0.2, -0.15) is 0 Å². The normalized spacial score (nSPS) is 22.2. The van der Waals surface area contributed by atoms with Crippen LogP contribution in [-0.4, -0.2) is 84.2 Å². The van der Waals surface area contributed by atoms with Crippen LogP contribution in [0.2, 0.25) is 0 Å². The summed E-state index contributed by atoms with van der Waals surface area (Å²) in [6, 6.07) is 9.56. The average molecular weight is 466 g/mol. The van der Waals surface area contributed by atoms with E-state index in [1.54, 1.807) is 42.6 Å². The van der Waals surface area contributed by atoms with Gasteiger partial charge in [0.05, 0.1) is 24.5 Å². The molecule has 4 heterocycles. The van der Waals surface area contributed by atoms with Gasteiger partial charge in [0.2, 0.25) is 0 Å². The number of likely N-dealkylation sites (tertiary alicyclic amines) is 1. The molecule has 1 unspecified atom stereocenters. The molecule has 0 spiro atoms. The standard InChI is InChI=1S/C25H27N3O6/c29-23(17-5-6-19-20(16-17)34-15-14-33-19)21-22(18-4-1-2-7-26-18)28(25(31)24(21)30)9-3-8-27-10-12-32-13-11-27/h1-2,4-7,16,22,29H,3,8-15H2/b23-21-. The average Bonchev–Trinajstić information content (AvgIpc) is 3.14. The Labute approximate surface area is 197 Å². The molecule has 1 aromatic carbocycles. The Morgan fingerprint density at radius 2 is 1.79 bits per heavy atom. The fourth-order valence-corrected chi connectivity index (χ4v) is 4.59. The molecule has 1 N–H and O–H groups in total. The van der Waals surface area contributed by atoms with E-state index in [2.05, 4.69) is 9.88 Å². The van der Waals surface area contributed by atoms with Crippen LogP contribution in [0.25, 0.3) is 5.76 Å². The molecule has 0 saturated carbocycles. The number of amides is 1. The van der Waals surface area contributed by atoms with Crippen LogP contribution in [0.5, 0.6) is 11.5 Å². The number of aromatic nitrogens is 1. The summed E-state index contributed by atoms with van der Waals surface area (Å²) < 4.78 is 16.6. The largest absolute Gasteiger partial charge is 0.507 e. The summed E-state index contributed by atoms with van der Waals surface area (Å²) in [4.78, 5) is 34.4. The quantitative estimate of drug-likeness (QED) is 0.393. The Morgan fingerprint density at radius 1 is 1.00 bits per heavy atom. The topological polar surface area (TPSA) is 101 Å². The molecule has 3 aliphatic rings. The second-order valence-electron chi connectivity index (χ2n) is 8.41. The van der Waals surface area contributed by atoms with Gasteiger partial charge in [0.15, 0.2) is 11.5 Å². The Hall–Kier alpha value is -3.43. The highest BCUT2D eigenvalue weighted by Crippen LogP contribution is 2.40. The molecule has 3 aliphatic heterocycles. The van der Waals surface area contributed by atoms with Crippen molar-refractivity contribution in [1.29, 1.82) is 0 Å². The number of carbonyl (C=O) groups excluding carboxylic acids is 2. The zero-order chi connectivity index (χ0) is 23.5. The van der Waals surface area contributed by atoms with Crippen LogP contribution < -0.4 is 9.47 Å². The van der Waals surface area contributed by atoms with Crippen molar-refractivity contribution >= 4 is 17.4 Å². The Kier molecular flexibility index (Phi) is 6.46. The fraction of sp³-hybridized carbons (Fsp3) is 0.400. The molecule has 0 bridgehead atoms. The molecule has 1 aromatic heterocycles. The summed E-state index contributed by atoms with van der Waals surface area (Å²) in [5, 5.41) is 11.2. The minimum absolute atomic E-state index is 0.0340. The number of aliphatic hydroxyl groups excluding tert-OH is 1. The van der Waals surface area contributed by atoms with Crippen LogP contribution in [-0.2, 0) is 14.3 Å². The third-order valence-corrected chi connectivity index (χ3v) is 6.30. The lowest BCUT2D eigenvalue weighted by atomic mass is 9.98. The van der Waals surface area contributed by atoms with Crippen molar-refractivity contribution < 1.29 is 28.9 Å². The molecule has 2 saturated heterocycles. The number of rotatable bonds is 6. The number of aliphatic hydroxyl groups is 1. The van der Waals surface area contributed by atoms with E-state index in [4.69, 9.17) is 14.2 Å². The number of pyridine rings is 1. The molecular formula is C25H27N3O6. The lowest BCUT2D eigenvalue weighted by Crippen LogP contribution is -2.39. The molecule has 5 rings (SSSR count). The number of hydrogen-bond acceptors (Lipinski definition) is 8. The predicted octanol–water partition coefficient (Wildman–Crippen LogP) is 2.00. The van der Waals surface area contributed by atoms with Crippen molar-refractivity contribution in [1.82, 2.24) is 14.8 Å². The Balaban J connectivity index is 1.46. The molecule has 1 atom stereocenters. The maximum absolute atomic E-state index is 13.1. The van der Waals surface area contributed by atoms with Gasteiger partial charge >= 0.3 is 0 Å². The van der Waals surface area contributed by atoms with Crippen LogP contribution in [0, 0.1) is 0 Å². The molecular weight excluding hydrogens is 438 g/mol. The summed E-state index contributed by atoms with van der Waals surface area (Å²) >= 11 is 0. The van der Waals surface area contributed by atoms with Crippen LogP contribution in [0.3, 0.4) is 0 Å². The molecule has 0 aliphatic carbocycles. The lowest BCUT2D eigenvalue weighted by molar-refractivity contribution is -0.140. The van der Waals surface area contributed by atoms with Gasteiger partial charge in [-0.15, -0.1) is 0 Å². The summed E-state index contributed by atoms with van der Waals surface area (Å²) in [6.07, 6.45) is 2.31. The number of ether oxygens (including phenoxy) is 3. The smallest absolute Gasteiger partial charge is 0.295 e. The highest BCUT2D eigenvalue weighted by atomic mass is 16.6. The highest BCUT2D eigenvalue weighted by Gasteiger charge is 2.46. The van der Waals surface area contributed by atoms with Crippen molar-refractivity contribution in [2.24, 2.45) is 0 Å². The van der Waals surface area contributed by atoms with E-state index in [0.29, 0.717) is 62.1 Å². The van der Waals surface area contributed by atoms with Gasteiger partial charge in [0.25, 0.3) is 11.7 Å². The minimum Gasteiger partial charge on any atom is -0.507 e.